The first-order valence-corrected chi connectivity index (χ1v) is 16.0. The average Bonchev–Trinajstić information content (AvgIpc) is 3.59. The fraction of sp³-hybridized carbons (Fsp3) is 0.263. The van der Waals surface area contributed by atoms with Gasteiger partial charge in [-0.1, -0.05) is 100 Å². The summed E-state index contributed by atoms with van der Waals surface area (Å²) in [6.45, 7) is 5.96. The molecule has 0 saturated heterocycles. The number of amides is 2. The number of carbonyl (C=O) groups is 2. The van der Waals surface area contributed by atoms with Gasteiger partial charge in [0.1, 0.15) is 0 Å². The minimum atomic E-state index is -0.834. The molecule has 7 heteroatoms. The largest absolute Gasteiger partial charge is 0.429 e. The summed E-state index contributed by atoms with van der Waals surface area (Å²) in [5, 5.41) is 3.24. The van der Waals surface area contributed by atoms with Crippen molar-refractivity contribution < 1.29 is 19.1 Å². The minimum Gasteiger partial charge on any atom is -0.407 e. The lowest BCUT2D eigenvalue weighted by atomic mass is 10.1. The van der Waals surface area contributed by atoms with E-state index in [0.29, 0.717) is 17.2 Å². The van der Waals surface area contributed by atoms with Crippen LogP contribution in [0.15, 0.2) is 103 Å². The van der Waals surface area contributed by atoms with Crippen molar-refractivity contribution in [1.29, 1.82) is 0 Å². The second-order valence-corrected chi connectivity index (χ2v) is 11.4. The van der Waals surface area contributed by atoms with Crippen LogP contribution in [0.4, 0.5) is 15.3 Å². The van der Waals surface area contributed by atoms with E-state index in [9.17, 15) is 9.59 Å². The standard InChI is InChI=1S/C38H39N3O4/c1-3-5-13-24-39-26-35(30-19-9-11-21-32(30)39)44-37(42)41(34-23-15-17-28-16-7-8-18-29(28)34)38(43)45-36-27-40(25-14-6-4-2)33-22-12-10-20-31(33)36/h7-12,15-23,26-27H,3-6,13-14,24-25H2,1-2H3. The lowest BCUT2D eigenvalue weighted by molar-refractivity contribution is 0.191. The zero-order chi connectivity index (χ0) is 31.2. The van der Waals surface area contributed by atoms with Crippen molar-refractivity contribution in [2.75, 3.05) is 4.90 Å². The maximum Gasteiger partial charge on any atom is 0.429 e. The van der Waals surface area contributed by atoms with Gasteiger partial charge in [0.05, 0.1) is 16.7 Å². The molecule has 0 radical (unpaired) electrons. The number of benzene rings is 4. The van der Waals surface area contributed by atoms with Crippen LogP contribution in [0.1, 0.15) is 52.4 Å². The summed E-state index contributed by atoms with van der Waals surface area (Å²) >= 11 is 0. The molecule has 0 unspecified atom stereocenters. The van der Waals surface area contributed by atoms with E-state index in [1.165, 1.54) is 0 Å². The highest BCUT2D eigenvalue weighted by molar-refractivity contribution is 6.16. The number of hydrogen-bond acceptors (Lipinski definition) is 4. The number of rotatable bonds is 11. The lowest BCUT2D eigenvalue weighted by Crippen LogP contribution is -2.41. The van der Waals surface area contributed by atoms with E-state index in [0.717, 1.165) is 89.1 Å². The third-order valence-electron chi connectivity index (χ3n) is 8.28. The molecule has 6 aromatic rings. The van der Waals surface area contributed by atoms with Crippen LogP contribution in [-0.4, -0.2) is 21.3 Å². The van der Waals surface area contributed by atoms with E-state index in [4.69, 9.17) is 9.47 Å². The van der Waals surface area contributed by atoms with Gasteiger partial charge in [0.25, 0.3) is 0 Å². The Bertz CT molecular complexity index is 1850. The van der Waals surface area contributed by atoms with Gasteiger partial charge in [-0.25, -0.2) is 9.59 Å². The molecule has 4 aromatic carbocycles. The van der Waals surface area contributed by atoms with Gasteiger partial charge in [-0.2, -0.15) is 4.90 Å². The Balaban J connectivity index is 1.37. The number of nitrogens with zero attached hydrogens (tertiary/aromatic N) is 3. The Kier molecular flexibility index (Phi) is 9.15. The normalized spacial score (nSPS) is 11.3. The molecule has 0 N–H and O–H groups in total. The highest BCUT2D eigenvalue weighted by atomic mass is 16.6. The van der Waals surface area contributed by atoms with Crippen LogP contribution < -0.4 is 14.4 Å². The van der Waals surface area contributed by atoms with E-state index in [1.807, 2.05) is 97.3 Å². The molecule has 0 atom stereocenters. The Hall–Kier alpha value is -5.04. The van der Waals surface area contributed by atoms with Crippen LogP contribution in [0.2, 0.25) is 0 Å². The second kappa shape index (κ2) is 13.7. The van der Waals surface area contributed by atoms with Gasteiger partial charge < -0.3 is 18.6 Å². The molecule has 7 nitrogen and oxygen atoms in total. The van der Waals surface area contributed by atoms with E-state index < -0.39 is 12.2 Å². The van der Waals surface area contributed by atoms with Gasteiger partial charge in [-0.15, -0.1) is 0 Å². The van der Waals surface area contributed by atoms with Crippen LogP contribution in [0.25, 0.3) is 32.6 Å². The van der Waals surface area contributed by atoms with Crippen molar-refractivity contribution in [3.63, 3.8) is 0 Å². The molecular formula is C38H39N3O4. The van der Waals surface area contributed by atoms with Crippen LogP contribution in [0.3, 0.4) is 0 Å². The third-order valence-corrected chi connectivity index (χ3v) is 8.28. The average molecular weight is 602 g/mol. The van der Waals surface area contributed by atoms with E-state index in [2.05, 4.69) is 23.0 Å². The van der Waals surface area contributed by atoms with Gasteiger partial charge in [-0.05, 0) is 48.6 Å². The maximum absolute atomic E-state index is 14.1. The first-order chi connectivity index (χ1) is 22.1. The molecule has 0 aliphatic carbocycles. The Morgan fingerprint density at radius 2 is 1.04 bits per heavy atom. The number of hydrogen-bond donors (Lipinski definition) is 0. The predicted octanol–water partition coefficient (Wildman–Crippen LogP) is 10.3. The SMILES string of the molecule is CCCCCn1cc(OC(=O)N(C(=O)Oc2cn(CCCCC)c3ccccc23)c2cccc3ccccc23)c2ccccc21. The Labute approximate surface area is 263 Å². The zero-order valence-electron chi connectivity index (χ0n) is 25.9. The predicted molar refractivity (Wildman–Crippen MR) is 181 cm³/mol. The number of aromatic nitrogens is 2. The molecule has 0 fully saturated rings. The molecule has 2 aromatic heterocycles. The van der Waals surface area contributed by atoms with Crippen LogP contribution in [0, 0.1) is 0 Å². The molecular weight excluding hydrogens is 562 g/mol. The quantitative estimate of drug-likeness (QED) is 0.139. The Morgan fingerprint density at radius 1 is 0.578 bits per heavy atom. The third kappa shape index (κ3) is 6.29. The molecule has 230 valence electrons. The van der Waals surface area contributed by atoms with Crippen LogP contribution >= 0.6 is 0 Å². The van der Waals surface area contributed by atoms with Gasteiger partial charge >= 0.3 is 12.2 Å². The number of aryl methyl sites for hydroxylation is 2. The van der Waals surface area contributed by atoms with Crippen LogP contribution in [0.5, 0.6) is 11.5 Å². The topological polar surface area (TPSA) is 65.7 Å². The van der Waals surface area contributed by atoms with Crippen LogP contribution in [-0.2, 0) is 13.1 Å². The zero-order valence-corrected chi connectivity index (χ0v) is 25.9. The fourth-order valence-corrected chi connectivity index (χ4v) is 5.98. The molecule has 0 saturated carbocycles. The van der Waals surface area contributed by atoms with Gasteiger partial charge in [0.15, 0.2) is 11.5 Å². The Morgan fingerprint density at radius 3 is 1.58 bits per heavy atom. The maximum atomic E-state index is 14.1. The summed E-state index contributed by atoms with van der Waals surface area (Å²) in [4.78, 5) is 29.3. The van der Waals surface area contributed by atoms with Crippen molar-refractivity contribution >= 4 is 50.5 Å². The number of carbonyl (C=O) groups excluding carboxylic acids is 2. The van der Waals surface area contributed by atoms with E-state index in [-0.39, 0.29) is 0 Å². The number of fused-ring (bicyclic) bond motifs is 3. The van der Waals surface area contributed by atoms with Gasteiger partial charge in [-0.3, -0.25) is 0 Å². The number of para-hydroxylation sites is 2. The van der Waals surface area contributed by atoms with Gasteiger partial charge in [0.2, 0.25) is 0 Å². The highest BCUT2D eigenvalue weighted by Crippen LogP contribution is 2.34. The van der Waals surface area contributed by atoms with Crippen molar-refractivity contribution in [3.05, 3.63) is 103 Å². The summed E-state index contributed by atoms with van der Waals surface area (Å²) in [6.07, 6.45) is 8.52. The summed E-state index contributed by atoms with van der Waals surface area (Å²) in [6, 6.07) is 28.8. The fourth-order valence-electron chi connectivity index (χ4n) is 5.98. The van der Waals surface area contributed by atoms with E-state index >= 15 is 0 Å². The molecule has 6 rings (SSSR count). The van der Waals surface area contributed by atoms with Crippen molar-refractivity contribution in [1.82, 2.24) is 9.13 Å². The van der Waals surface area contributed by atoms with E-state index in [1.54, 1.807) is 6.07 Å². The summed E-state index contributed by atoms with van der Waals surface area (Å²) in [5.41, 5.74) is 2.35. The summed E-state index contributed by atoms with van der Waals surface area (Å²) in [5.74, 6) is 0.801. The molecule has 0 aliphatic heterocycles. The number of imide groups is 1. The first-order valence-electron chi connectivity index (χ1n) is 16.0. The first kappa shape index (κ1) is 30.0. The van der Waals surface area contributed by atoms with Gasteiger partial charge in [0, 0.05) is 41.6 Å². The molecule has 45 heavy (non-hydrogen) atoms. The summed E-state index contributed by atoms with van der Waals surface area (Å²) in [7, 11) is 0. The van der Waals surface area contributed by atoms with Crippen molar-refractivity contribution in [3.8, 4) is 11.5 Å². The molecule has 2 amide bonds. The molecule has 0 bridgehead atoms. The molecule has 0 aliphatic rings. The molecule has 0 spiro atoms. The minimum absolute atomic E-state index is 0.390. The number of ether oxygens (including phenoxy) is 2. The second-order valence-electron chi connectivity index (χ2n) is 11.4. The lowest BCUT2D eigenvalue weighted by Gasteiger charge is -2.21. The highest BCUT2D eigenvalue weighted by Gasteiger charge is 2.31. The van der Waals surface area contributed by atoms with Crippen molar-refractivity contribution in [2.45, 2.75) is 65.5 Å². The molecule has 2 heterocycles. The number of unbranched alkanes of at least 4 members (excludes halogenated alkanes) is 4. The van der Waals surface area contributed by atoms with Crippen molar-refractivity contribution in [2.24, 2.45) is 0 Å². The smallest absolute Gasteiger partial charge is 0.407 e. The number of anilines is 1. The summed E-state index contributed by atoms with van der Waals surface area (Å²) < 4.78 is 16.3. The monoisotopic (exact) mass is 601 g/mol.